The van der Waals surface area contributed by atoms with E-state index in [0.29, 0.717) is 0 Å². The second-order valence-electron chi connectivity index (χ2n) is 7.32. The van der Waals surface area contributed by atoms with Crippen molar-refractivity contribution in [1.82, 2.24) is 9.62 Å². The second kappa shape index (κ2) is 10.3. The van der Waals surface area contributed by atoms with Gasteiger partial charge in [-0.1, -0.05) is 12.1 Å². The lowest BCUT2D eigenvalue weighted by molar-refractivity contribution is -0.387. The topological polar surface area (TPSA) is 145 Å². The van der Waals surface area contributed by atoms with Crippen LogP contribution < -0.4 is 5.32 Å². The molecule has 168 valence electrons. The van der Waals surface area contributed by atoms with E-state index >= 15 is 0 Å². The van der Waals surface area contributed by atoms with Crippen molar-refractivity contribution in [3.05, 3.63) is 34.4 Å². The lowest BCUT2D eigenvalue weighted by Crippen LogP contribution is -2.45. The standard InChI is InChI=1S/C18H27N3O8S/c1-13(16(22)28-5)20(12-8-11-19-17(23)29-18(2,3)4)30(26,27)15-10-7-6-9-14(15)21(24)25/h6-7,9-10,13H,8,11-12H2,1-5H3,(H,19,23). The maximum atomic E-state index is 13.1. The number of para-hydroxylation sites is 1. The Labute approximate surface area is 175 Å². The molecule has 11 nitrogen and oxygen atoms in total. The van der Waals surface area contributed by atoms with Crippen LogP contribution in [0.25, 0.3) is 0 Å². The molecule has 1 aromatic rings. The van der Waals surface area contributed by atoms with Gasteiger partial charge in [-0.3, -0.25) is 14.9 Å². The van der Waals surface area contributed by atoms with Gasteiger partial charge in [0, 0.05) is 19.2 Å². The number of nitro benzene ring substituents is 1. The third-order valence-electron chi connectivity index (χ3n) is 3.85. The number of hydrogen-bond acceptors (Lipinski definition) is 8. The summed E-state index contributed by atoms with van der Waals surface area (Å²) in [5, 5.41) is 13.8. The summed E-state index contributed by atoms with van der Waals surface area (Å²) >= 11 is 0. The number of alkyl carbamates (subject to hydrolysis) is 1. The number of carbonyl (C=O) groups excluding carboxylic acids is 2. The van der Waals surface area contributed by atoms with E-state index < -0.39 is 49.2 Å². The lowest BCUT2D eigenvalue weighted by atomic mass is 10.2. The molecule has 0 fully saturated rings. The summed E-state index contributed by atoms with van der Waals surface area (Å²) in [5.41, 5.74) is -1.29. The number of amides is 1. The van der Waals surface area contributed by atoms with Crippen LogP contribution in [0.15, 0.2) is 29.2 Å². The van der Waals surface area contributed by atoms with Gasteiger partial charge in [0.05, 0.1) is 12.0 Å². The highest BCUT2D eigenvalue weighted by Crippen LogP contribution is 2.27. The fourth-order valence-corrected chi connectivity index (χ4v) is 4.28. The van der Waals surface area contributed by atoms with Gasteiger partial charge in [-0.25, -0.2) is 13.2 Å². The number of carbonyl (C=O) groups is 2. The van der Waals surface area contributed by atoms with Crippen LogP contribution in [-0.2, 0) is 24.3 Å². The predicted molar refractivity (Wildman–Crippen MR) is 107 cm³/mol. The zero-order valence-electron chi connectivity index (χ0n) is 17.6. The summed E-state index contributed by atoms with van der Waals surface area (Å²) in [4.78, 5) is 33.6. The number of esters is 1. The average Bonchev–Trinajstić information content (AvgIpc) is 2.65. The van der Waals surface area contributed by atoms with E-state index in [1.54, 1.807) is 20.8 Å². The Morgan fingerprint density at radius 1 is 1.27 bits per heavy atom. The van der Waals surface area contributed by atoms with Crippen LogP contribution in [0, 0.1) is 10.1 Å². The van der Waals surface area contributed by atoms with E-state index in [2.05, 4.69) is 10.1 Å². The van der Waals surface area contributed by atoms with Crippen molar-refractivity contribution in [2.24, 2.45) is 0 Å². The molecule has 1 aromatic carbocycles. The lowest BCUT2D eigenvalue weighted by Gasteiger charge is -2.26. The first-order valence-corrected chi connectivity index (χ1v) is 10.5. The number of benzene rings is 1. The van der Waals surface area contributed by atoms with Crippen LogP contribution in [0.4, 0.5) is 10.5 Å². The monoisotopic (exact) mass is 445 g/mol. The molecule has 1 unspecified atom stereocenters. The Balaban J connectivity index is 3.06. The third-order valence-corrected chi connectivity index (χ3v) is 5.86. The van der Waals surface area contributed by atoms with Crippen LogP contribution in [0.2, 0.25) is 0 Å². The molecule has 1 amide bonds. The highest BCUT2D eigenvalue weighted by atomic mass is 32.2. The van der Waals surface area contributed by atoms with E-state index in [0.717, 1.165) is 23.5 Å². The molecular formula is C18H27N3O8S. The molecule has 0 spiro atoms. The molecule has 0 aliphatic rings. The third kappa shape index (κ3) is 6.95. The minimum Gasteiger partial charge on any atom is -0.468 e. The Kier molecular flexibility index (Phi) is 8.73. The number of sulfonamides is 1. The SMILES string of the molecule is COC(=O)C(C)N(CCCNC(=O)OC(C)(C)C)S(=O)(=O)c1ccccc1[N+](=O)[O-]. The van der Waals surface area contributed by atoms with Gasteiger partial charge in [-0.05, 0) is 40.2 Å². The van der Waals surface area contributed by atoms with Crippen LogP contribution >= 0.6 is 0 Å². The summed E-state index contributed by atoms with van der Waals surface area (Å²) in [6, 6.07) is 3.63. The largest absolute Gasteiger partial charge is 0.468 e. The fourth-order valence-electron chi connectivity index (χ4n) is 2.50. The Bertz CT molecular complexity index is 880. The molecule has 0 saturated heterocycles. The number of methoxy groups -OCH3 is 1. The fraction of sp³-hybridized carbons (Fsp3) is 0.556. The van der Waals surface area contributed by atoms with Crippen molar-refractivity contribution in [3.8, 4) is 0 Å². The number of ether oxygens (including phenoxy) is 2. The minimum absolute atomic E-state index is 0.0612. The Hall–Kier alpha value is -2.73. The maximum Gasteiger partial charge on any atom is 0.407 e. The maximum absolute atomic E-state index is 13.1. The first-order chi connectivity index (χ1) is 13.8. The van der Waals surface area contributed by atoms with Gasteiger partial charge in [0.25, 0.3) is 15.7 Å². The molecule has 0 heterocycles. The first kappa shape index (κ1) is 25.3. The van der Waals surface area contributed by atoms with E-state index in [-0.39, 0.29) is 19.5 Å². The molecule has 0 aliphatic heterocycles. The van der Waals surface area contributed by atoms with Gasteiger partial charge in [-0.15, -0.1) is 0 Å². The van der Waals surface area contributed by atoms with Gasteiger partial charge < -0.3 is 14.8 Å². The van der Waals surface area contributed by atoms with E-state index in [9.17, 15) is 28.1 Å². The summed E-state index contributed by atoms with van der Waals surface area (Å²) in [6.45, 7) is 6.29. The van der Waals surface area contributed by atoms with Crippen molar-refractivity contribution in [3.63, 3.8) is 0 Å². The zero-order valence-corrected chi connectivity index (χ0v) is 18.4. The van der Waals surface area contributed by atoms with Crippen molar-refractivity contribution in [1.29, 1.82) is 0 Å². The first-order valence-electron chi connectivity index (χ1n) is 9.11. The van der Waals surface area contributed by atoms with Crippen molar-refractivity contribution >= 4 is 27.8 Å². The second-order valence-corrected chi connectivity index (χ2v) is 9.18. The minimum atomic E-state index is -4.41. The molecule has 1 atom stereocenters. The Morgan fingerprint density at radius 3 is 2.40 bits per heavy atom. The highest BCUT2D eigenvalue weighted by Gasteiger charge is 2.37. The molecular weight excluding hydrogens is 418 g/mol. The molecule has 0 radical (unpaired) electrons. The number of nitro groups is 1. The average molecular weight is 445 g/mol. The number of hydrogen-bond donors (Lipinski definition) is 1. The van der Waals surface area contributed by atoms with Crippen LogP contribution in [-0.4, -0.2) is 61.6 Å². The van der Waals surface area contributed by atoms with E-state index in [1.807, 2.05) is 0 Å². The summed E-state index contributed by atoms with van der Waals surface area (Å²) < 4.78 is 36.8. The number of nitrogens with zero attached hydrogens (tertiary/aromatic N) is 2. The van der Waals surface area contributed by atoms with E-state index in [1.165, 1.54) is 19.1 Å². The molecule has 12 heteroatoms. The quantitative estimate of drug-likeness (QED) is 0.263. The molecule has 0 bridgehead atoms. The number of rotatable bonds is 9. The van der Waals surface area contributed by atoms with Crippen molar-refractivity contribution in [2.75, 3.05) is 20.2 Å². The molecule has 30 heavy (non-hydrogen) atoms. The normalized spacial score (nSPS) is 12.9. The van der Waals surface area contributed by atoms with Crippen LogP contribution in [0.5, 0.6) is 0 Å². The zero-order chi connectivity index (χ0) is 23.1. The number of nitrogens with one attached hydrogen (secondary N) is 1. The van der Waals surface area contributed by atoms with Gasteiger partial charge in [0.1, 0.15) is 11.6 Å². The smallest absolute Gasteiger partial charge is 0.407 e. The van der Waals surface area contributed by atoms with Crippen LogP contribution in [0.3, 0.4) is 0 Å². The van der Waals surface area contributed by atoms with Gasteiger partial charge >= 0.3 is 12.1 Å². The molecule has 0 aliphatic carbocycles. The molecule has 0 aromatic heterocycles. The van der Waals surface area contributed by atoms with Crippen molar-refractivity contribution < 1.29 is 32.4 Å². The molecule has 1 rings (SSSR count). The van der Waals surface area contributed by atoms with E-state index in [4.69, 9.17) is 4.74 Å². The van der Waals surface area contributed by atoms with Crippen LogP contribution in [0.1, 0.15) is 34.1 Å². The predicted octanol–water partition coefficient (Wildman–Crippen LogP) is 2.06. The highest BCUT2D eigenvalue weighted by molar-refractivity contribution is 7.89. The summed E-state index contributed by atoms with van der Waals surface area (Å²) in [5.74, 6) is -0.822. The van der Waals surface area contributed by atoms with Gasteiger partial charge in [-0.2, -0.15) is 4.31 Å². The summed E-state index contributed by atoms with van der Waals surface area (Å²) in [7, 11) is -3.30. The van der Waals surface area contributed by atoms with Gasteiger partial charge in [0.2, 0.25) is 0 Å². The Morgan fingerprint density at radius 2 is 1.87 bits per heavy atom. The molecule has 1 N–H and O–H groups in total. The molecule has 0 saturated carbocycles. The summed E-state index contributed by atoms with van der Waals surface area (Å²) in [6.07, 6.45) is -0.544. The van der Waals surface area contributed by atoms with Gasteiger partial charge in [0.15, 0.2) is 4.90 Å². The van der Waals surface area contributed by atoms with Crippen molar-refractivity contribution in [2.45, 2.75) is 50.7 Å².